The molecule has 0 bridgehead atoms. The summed E-state index contributed by atoms with van der Waals surface area (Å²) in [4.78, 5) is 39.3. The summed E-state index contributed by atoms with van der Waals surface area (Å²) in [7, 11) is -3.85. The Morgan fingerprint density at radius 2 is 1.74 bits per heavy atom. The van der Waals surface area contributed by atoms with Gasteiger partial charge in [-0.25, -0.2) is 9.59 Å². The van der Waals surface area contributed by atoms with E-state index in [4.69, 9.17) is 9.47 Å². The van der Waals surface area contributed by atoms with E-state index < -0.39 is 28.2 Å². The van der Waals surface area contributed by atoms with Crippen molar-refractivity contribution in [3.8, 4) is 5.75 Å². The fraction of sp³-hybridized carbons (Fsp3) is 0.400. The van der Waals surface area contributed by atoms with Crippen molar-refractivity contribution in [3.63, 3.8) is 0 Å². The Labute approximate surface area is 206 Å². The van der Waals surface area contributed by atoms with Crippen LogP contribution < -0.4 is 9.64 Å². The zero-order valence-corrected chi connectivity index (χ0v) is 21.2. The maximum absolute atomic E-state index is 13.1. The van der Waals surface area contributed by atoms with E-state index in [1.165, 1.54) is 11.8 Å². The van der Waals surface area contributed by atoms with Crippen molar-refractivity contribution in [1.29, 1.82) is 0 Å². The van der Waals surface area contributed by atoms with Crippen LogP contribution in [0.3, 0.4) is 0 Å². The number of amides is 1. The second-order valence-electron chi connectivity index (χ2n) is 7.83. The van der Waals surface area contributed by atoms with Crippen molar-refractivity contribution in [2.45, 2.75) is 52.7 Å². The predicted molar refractivity (Wildman–Crippen MR) is 131 cm³/mol. The molecule has 1 atom stereocenters. The minimum Gasteiger partial charge on any atom is -0.462 e. The van der Waals surface area contributed by atoms with Crippen molar-refractivity contribution in [2.75, 3.05) is 17.8 Å². The minimum atomic E-state index is -3.85. The van der Waals surface area contributed by atoms with E-state index >= 15 is 0 Å². The largest absolute Gasteiger partial charge is 0.462 e. The Kier molecular flexibility index (Phi) is 10.4. The number of carbonyl (C=O) groups is 3. The van der Waals surface area contributed by atoms with E-state index in [2.05, 4.69) is 4.18 Å². The number of esters is 2. The molecule has 190 valence electrons. The zero-order valence-electron chi connectivity index (χ0n) is 20.4. The second kappa shape index (κ2) is 13.0. The molecule has 0 aliphatic rings. The standard InChI is InChI=1S/C25H31NO8S/c1-5-7-15-23(27)26(21-13-10-12-19(16-21)25(29)32-6-2)17-20-11-8-9-14-22(20)33-24(28)18(3)34-35(4,30)31/h8-14,16,18H,5-7,15,17H2,1-4H3. The zero-order chi connectivity index (χ0) is 26.0. The number of rotatable bonds is 12. The van der Waals surface area contributed by atoms with Gasteiger partial charge in [-0.2, -0.15) is 8.42 Å². The Balaban J connectivity index is 2.36. The van der Waals surface area contributed by atoms with Crippen LogP contribution in [0.4, 0.5) is 5.69 Å². The quantitative estimate of drug-likeness (QED) is 0.243. The third kappa shape index (κ3) is 8.80. The molecule has 0 saturated carbocycles. The molecule has 10 heteroatoms. The van der Waals surface area contributed by atoms with Gasteiger partial charge < -0.3 is 14.4 Å². The van der Waals surface area contributed by atoms with Crippen LogP contribution in [0.2, 0.25) is 0 Å². The van der Waals surface area contributed by atoms with Gasteiger partial charge in [0.1, 0.15) is 5.75 Å². The molecule has 0 aromatic heterocycles. The first-order valence-electron chi connectivity index (χ1n) is 11.3. The fourth-order valence-electron chi connectivity index (χ4n) is 3.20. The number of ether oxygens (including phenoxy) is 2. The Morgan fingerprint density at radius 1 is 1.03 bits per heavy atom. The molecule has 0 fully saturated rings. The maximum atomic E-state index is 13.1. The van der Waals surface area contributed by atoms with Crippen LogP contribution in [-0.4, -0.2) is 45.2 Å². The summed E-state index contributed by atoms with van der Waals surface area (Å²) in [5, 5.41) is 0. The van der Waals surface area contributed by atoms with Crippen molar-refractivity contribution >= 4 is 33.7 Å². The van der Waals surface area contributed by atoms with Crippen molar-refractivity contribution in [1.82, 2.24) is 0 Å². The van der Waals surface area contributed by atoms with Crippen molar-refractivity contribution in [2.24, 2.45) is 0 Å². The summed E-state index contributed by atoms with van der Waals surface area (Å²) in [6, 6.07) is 13.2. The molecule has 1 unspecified atom stereocenters. The Hall–Kier alpha value is -3.24. The van der Waals surface area contributed by atoms with E-state index in [-0.39, 0.29) is 24.8 Å². The first-order chi connectivity index (χ1) is 16.6. The highest BCUT2D eigenvalue weighted by atomic mass is 32.2. The molecule has 0 heterocycles. The average Bonchev–Trinajstić information content (AvgIpc) is 2.81. The van der Waals surface area contributed by atoms with Gasteiger partial charge in [-0.05, 0) is 44.5 Å². The van der Waals surface area contributed by atoms with Crippen molar-refractivity contribution in [3.05, 3.63) is 59.7 Å². The maximum Gasteiger partial charge on any atom is 0.341 e. The number of anilines is 1. The summed E-state index contributed by atoms with van der Waals surface area (Å²) < 4.78 is 37.8. The normalized spacial score (nSPS) is 12.0. The van der Waals surface area contributed by atoms with Crippen LogP contribution >= 0.6 is 0 Å². The molecule has 2 rings (SSSR count). The van der Waals surface area contributed by atoms with E-state index in [9.17, 15) is 22.8 Å². The van der Waals surface area contributed by atoms with Gasteiger partial charge in [-0.3, -0.25) is 8.98 Å². The van der Waals surface area contributed by atoms with Gasteiger partial charge in [-0.15, -0.1) is 0 Å². The third-order valence-electron chi connectivity index (χ3n) is 4.88. The van der Waals surface area contributed by atoms with E-state index in [1.54, 1.807) is 55.5 Å². The molecule has 0 saturated heterocycles. The van der Waals surface area contributed by atoms with E-state index in [1.807, 2.05) is 6.92 Å². The van der Waals surface area contributed by atoms with Gasteiger partial charge in [0.05, 0.1) is 25.0 Å². The Morgan fingerprint density at radius 3 is 2.40 bits per heavy atom. The molecule has 0 N–H and O–H groups in total. The van der Waals surface area contributed by atoms with Crippen LogP contribution in [0.5, 0.6) is 5.75 Å². The topological polar surface area (TPSA) is 116 Å². The Bertz CT molecular complexity index is 1150. The molecule has 2 aromatic rings. The SMILES string of the molecule is CCCCC(=O)N(Cc1ccccc1OC(=O)C(C)OS(C)(=O)=O)c1cccc(C(=O)OCC)c1. The molecule has 35 heavy (non-hydrogen) atoms. The lowest BCUT2D eigenvalue weighted by Gasteiger charge is -2.25. The number of nitrogens with zero attached hydrogens (tertiary/aromatic N) is 1. The lowest BCUT2D eigenvalue weighted by molar-refractivity contribution is -0.141. The van der Waals surface area contributed by atoms with Crippen LogP contribution in [0, 0.1) is 0 Å². The molecule has 1 amide bonds. The number of unbranched alkanes of at least 4 members (excludes halogenated alkanes) is 1. The van der Waals surface area contributed by atoms with Gasteiger partial charge >= 0.3 is 11.9 Å². The fourth-order valence-corrected chi connectivity index (χ4v) is 3.80. The van der Waals surface area contributed by atoms with Gasteiger partial charge in [0.15, 0.2) is 6.10 Å². The van der Waals surface area contributed by atoms with Crippen LogP contribution in [0.15, 0.2) is 48.5 Å². The number of hydrogen-bond acceptors (Lipinski definition) is 8. The van der Waals surface area contributed by atoms with Crippen molar-refractivity contribution < 1.29 is 36.5 Å². The molecular weight excluding hydrogens is 474 g/mol. The third-order valence-corrected chi connectivity index (χ3v) is 5.52. The molecule has 0 spiro atoms. The summed E-state index contributed by atoms with van der Waals surface area (Å²) in [5.74, 6) is -1.39. The monoisotopic (exact) mass is 505 g/mol. The lowest BCUT2D eigenvalue weighted by atomic mass is 10.1. The summed E-state index contributed by atoms with van der Waals surface area (Å²) in [6.45, 7) is 5.24. The van der Waals surface area contributed by atoms with Gasteiger partial charge in [-0.1, -0.05) is 37.6 Å². The molecule has 0 radical (unpaired) electrons. The van der Waals surface area contributed by atoms with E-state index in [0.717, 1.165) is 12.7 Å². The lowest BCUT2D eigenvalue weighted by Crippen LogP contribution is -2.31. The van der Waals surface area contributed by atoms with Crippen LogP contribution in [0.1, 0.15) is 56.0 Å². The summed E-state index contributed by atoms with van der Waals surface area (Å²) in [6.07, 6.45) is 1.30. The smallest absolute Gasteiger partial charge is 0.341 e. The molecule has 9 nitrogen and oxygen atoms in total. The highest BCUT2D eigenvalue weighted by Gasteiger charge is 2.24. The number of para-hydroxylation sites is 1. The van der Waals surface area contributed by atoms with E-state index in [0.29, 0.717) is 29.7 Å². The number of hydrogen-bond donors (Lipinski definition) is 0. The van der Waals surface area contributed by atoms with Crippen LogP contribution in [-0.2, 0) is 35.2 Å². The first-order valence-corrected chi connectivity index (χ1v) is 13.1. The van der Waals surface area contributed by atoms with Gasteiger partial charge in [0.25, 0.3) is 10.1 Å². The highest BCUT2D eigenvalue weighted by Crippen LogP contribution is 2.26. The molecule has 0 aliphatic carbocycles. The highest BCUT2D eigenvalue weighted by molar-refractivity contribution is 7.86. The first kappa shape index (κ1) is 28.0. The molecule has 2 aromatic carbocycles. The molecular formula is C25H31NO8S. The summed E-state index contributed by atoms with van der Waals surface area (Å²) >= 11 is 0. The van der Waals surface area contributed by atoms with Crippen LogP contribution in [0.25, 0.3) is 0 Å². The number of carbonyl (C=O) groups excluding carboxylic acids is 3. The predicted octanol–water partition coefficient (Wildman–Crippen LogP) is 3.86. The average molecular weight is 506 g/mol. The number of benzene rings is 2. The molecule has 0 aliphatic heterocycles. The van der Waals surface area contributed by atoms with Gasteiger partial charge in [0.2, 0.25) is 5.91 Å². The minimum absolute atomic E-state index is 0.0552. The summed E-state index contributed by atoms with van der Waals surface area (Å²) in [5.41, 5.74) is 1.31. The van der Waals surface area contributed by atoms with Gasteiger partial charge in [0, 0.05) is 17.7 Å². The second-order valence-corrected chi connectivity index (χ2v) is 9.43.